The molecule has 29 heavy (non-hydrogen) atoms. The van der Waals surface area contributed by atoms with Crippen molar-refractivity contribution in [1.29, 1.82) is 0 Å². The van der Waals surface area contributed by atoms with Gasteiger partial charge in [-0.1, -0.05) is 19.3 Å². The second-order valence-corrected chi connectivity index (χ2v) is 8.26. The lowest BCUT2D eigenvalue weighted by atomic mass is 10.1. The van der Waals surface area contributed by atoms with E-state index in [4.69, 9.17) is 0 Å². The number of aromatic nitrogens is 6. The predicted molar refractivity (Wildman–Crippen MR) is 114 cm³/mol. The molecule has 5 heterocycles. The van der Waals surface area contributed by atoms with E-state index in [2.05, 4.69) is 40.8 Å². The van der Waals surface area contributed by atoms with Crippen molar-refractivity contribution in [3.63, 3.8) is 0 Å². The van der Waals surface area contributed by atoms with E-state index in [1.54, 1.807) is 12.4 Å². The Morgan fingerprint density at radius 2 is 1.93 bits per heavy atom. The van der Waals surface area contributed by atoms with Crippen molar-refractivity contribution in [2.75, 3.05) is 18.4 Å². The summed E-state index contributed by atoms with van der Waals surface area (Å²) in [6.45, 7) is 3.27. The van der Waals surface area contributed by atoms with Crippen LogP contribution < -0.4 is 5.32 Å². The molecule has 1 saturated heterocycles. The third-order valence-electron chi connectivity index (χ3n) is 5.36. The number of nitrogens with zero attached hydrogens (tertiary/aromatic N) is 6. The minimum atomic E-state index is 0.726. The summed E-state index contributed by atoms with van der Waals surface area (Å²) in [7, 11) is 0. The number of imidazole rings is 1. The Bertz CT molecular complexity index is 1060. The number of hydrogen-bond acceptors (Lipinski definition) is 7. The minimum Gasteiger partial charge on any atom is -0.328 e. The van der Waals surface area contributed by atoms with Crippen molar-refractivity contribution < 1.29 is 0 Å². The molecular formula is C20H24N8S. The van der Waals surface area contributed by atoms with Gasteiger partial charge in [-0.05, 0) is 43.5 Å². The summed E-state index contributed by atoms with van der Waals surface area (Å²) in [6, 6.07) is 2.13. The monoisotopic (exact) mass is 408 g/mol. The lowest BCUT2D eigenvalue weighted by Gasteiger charge is -2.23. The number of H-pyrrole nitrogens is 1. The third kappa shape index (κ3) is 4.01. The summed E-state index contributed by atoms with van der Waals surface area (Å²) in [5.41, 5.74) is 3.86. The molecule has 4 aromatic rings. The van der Waals surface area contributed by atoms with Gasteiger partial charge in [0, 0.05) is 30.7 Å². The molecule has 5 rings (SSSR count). The summed E-state index contributed by atoms with van der Waals surface area (Å²) in [5, 5.41) is 11.3. The van der Waals surface area contributed by atoms with Gasteiger partial charge in [0.1, 0.15) is 5.00 Å². The van der Waals surface area contributed by atoms with Crippen LogP contribution in [-0.4, -0.2) is 46.9 Å². The topological polar surface area (TPSA) is 87.0 Å². The van der Waals surface area contributed by atoms with E-state index < -0.39 is 0 Å². The van der Waals surface area contributed by atoms with Gasteiger partial charge >= 0.3 is 0 Å². The highest BCUT2D eigenvalue weighted by Crippen LogP contribution is 2.27. The van der Waals surface area contributed by atoms with Crippen LogP contribution in [0.3, 0.4) is 0 Å². The zero-order valence-electron chi connectivity index (χ0n) is 16.2. The Hall–Kier alpha value is -2.78. The largest absolute Gasteiger partial charge is 0.328 e. The molecule has 1 fully saturated rings. The summed E-state index contributed by atoms with van der Waals surface area (Å²) >= 11 is 1.48. The van der Waals surface area contributed by atoms with Gasteiger partial charge in [-0.2, -0.15) is 9.47 Å². The lowest BCUT2D eigenvalue weighted by molar-refractivity contribution is 0.238. The van der Waals surface area contributed by atoms with Gasteiger partial charge in [-0.15, -0.1) is 0 Å². The average molecular weight is 409 g/mol. The molecule has 0 spiro atoms. The van der Waals surface area contributed by atoms with Crippen LogP contribution in [-0.2, 0) is 6.54 Å². The maximum atomic E-state index is 4.66. The number of rotatable bonds is 5. The fourth-order valence-electron chi connectivity index (χ4n) is 3.87. The summed E-state index contributed by atoms with van der Waals surface area (Å²) in [6.07, 6.45) is 15.8. The van der Waals surface area contributed by atoms with Crippen molar-refractivity contribution in [1.82, 2.24) is 33.8 Å². The molecule has 8 nitrogen and oxygen atoms in total. The Morgan fingerprint density at radius 1 is 1.07 bits per heavy atom. The average Bonchev–Trinajstić information content (AvgIpc) is 3.44. The molecule has 9 heteroatoms. The first-order valence-corrected chi connectivity index (χ1v) is 10.9. The Morgan fingerprint density at radius 3 is 2.76 bits per heavy atom. The quantitative estimate of drug-likeness (QED) is 0.517. The number of likely N-dealkylation sites (tertiary alicyclic amines) is 1. The number of fused-ring (bicyclic) bond motifs is 1. The van der Waals surface area contributed by atoms with Gasteiger partial charge in [-0.3, -0.25) is 14.4 Å². The molecule has 0 radical (unpaired) electrons. The molecule has 2 N–H and O–H groups in total. The van der Waals surface area contributed by atoms with Crippen molar-refractivity contribution in [3.05, 3.63) is 42.7 Å². The lowest BCUT2D eigenvalue weighted by Crippen LogP contribution is -2.26. The van der Waals surface area contributed by atoms with E-state index in [-0.39, 0.29) is 0 Å². The van der Waals surface area contributed by atoms with E-state index in [1.165, 1.54) is 56.7 Å². The first kappa shape index (κ1) is 18.3. The number of aromatic amines is 1. The molecule has 1 aliphatic heterocycles. The molecule has 1 aliphatic rings. The van der Waals surface area contributed by atoms with Crippen LogP contribution in [0.25, 0.3) is 16.9 Å². The Kier molecular flexibility index (Phi) is 5.23. The fraction of sp³-hybridized carbons (Fsp3) is 0.400. The highest BCUT2D eigenvalue weighted by molar-refractivity contribution is 7.10. The predicted octanol–water partition coefficient (Wildman–Crippen LogP) is 4.09. The second kappa shape index (κ2) is 8.30. The smallest absolute Gasteiger partial charge is 0.180 e. The molecule has 150 valence electrons. The molecular weight excluding hydrogens is 384 g/mol. The summed E-state index contributed by atoms with van der Waals surface area (Å²) in [4.78, 5) is 11.6. The van der Waals surface area contributed by atoms with Crippen LogP contribution >= 0.6 is 11.5 Å². The van der Waals surface area contributed by atoms with Crippen molar-refractivity contribution >= 4 is 28.0 Å². The maximum absolute atomic E-state index is 4.66. The zero-order chi connectivity index (χ0) is 19.5. The molecule has 0 aromatic carbocycles. The van der Waals surface area contributed by atoms with E-state index >= 15 is 0 Å². The Balaban J connectivity index is 1.32. The molecule has 0 unspecified atom stereocenters. The standard InChI is InChI=1S/C20H24N8S/c1-2-4-7-27(8-5-3-1)14-16-10-18(29-26-16)25-19-20-22-13-17(15-11-23-24-12-15)28(20)9-6-21-19/h6,9-13H,1-5,7-8,14H2,(H,21,25)(H,23,24). The third-order valence-corrected chi connectivity index (χ3v) is 6.10. The van der Waals surface area contributed by atoms with Gasteiger partial charge in [0.15, 0.2) is 11.5 Å². The number of anilines is 2. The van der Waals surface area contributed by atoms with Crippen molar-refractivity contribution in [2.24, 2.45) is 0 Å². The normalized spacial score (nSPS) is 16.0. The zero-order valence-corrected chi connectivity index (χ0v) is 17.0. The molecule has 0 bridgehead atoms. The van der Waals surface area contributed by atoms with Gasteiger partial charge < -0.3 is 5.32 Å². The second-order valence-electron chi connectivity index (χ2n) is 7.45. The highest BCUT2D eigenvalue weighted by Gasteiger charge is 2.14. The summed E-state index contributed by atoms with van der Waals surface area (Å²) in [5.74, 6) is 0.726. The van der Waals surface area contributed by atoms with Crippen LogP contribution in [0, 0.1) is 0 Å². The maximum Gasteiger partial charge on any atom is 0.180 e. The first-order chi connectivity index (χ1) is 14.4. The highest BCUT2D eigenvalue weighted by atomic mass is 32.1. The van der Waals surface area contributed by atoms with Crippen LogP contribution in [0.15, 0.2) is 37.1 Å². The molecule has 0 saturated carbocycles. The van der Waals surface area contributed by atoms with Gasteiger partial charge in [0.25, 0.3) is 0 Å². The SMILES string of the molecule is c1cn2c(-c3cn[nH]c3)cnc2c(Nc2cc(CN3CCCCCCC3)ns2)n1. The fourth-order valence-corrected chi connectivity index (χ4v) is 4.53. The van der Waals surface area contributed by atoms with Crippen LogP contribution in [0.5, 0.6) is 0 Å². The molecule has 0 amide bonds. The molecule has 0 atom stereocenters. The van der Waals surface area contributed by atoms with Crippen molar-refractivity contribution in [2.45, 2.75) is 38.6 Å². The van der Waals surface area contributed by atoms with E-state index in [0.717, 1.165) is 40.0 Å². The van der Waals surface area contributed by atoms with E-state index in [1.807, 2.05) is 23.0 Å². The number of hydrogen-bond donors (Lipinski definition) is 2. The summed E-state index contributed by atoms with van der Waals surface area (Å²) < 4.78 is 6.67. The van der Waals surface area contributed by atoms with E-state index in [0.29, 0.717) is 0 Å². The van der Waals surface area contributed by atoms with E-state index in [9.17, 15) is 0 Å². The van der Waals surface area contributed by atoms with Crippen LogP contribution in [0.1, 0.15) is 37.8 Å². The van der Waals surface area contributed by atoms with Gasteiger partial charge in [0.2, 0.25) is 0 Å². The molecule has 4 aromatic heterocycles. The van der Waals surface area contributed by atoms with Gasteiger partial charge in [0.05, 0.1) is 23.8 Å². The van der Waals surface area contributed by atoms with Crippen molar-refractivity contribution in [3.8, 4) is 11.3 Å². The van der Waals surface area contributed by atoms with Crippen LogP contribution in [0.4, 0.5) is 10.8 Å². The number of nitrogens with one attached hydrogen (secondary N) is 2. The van der Waals surface area contributed by atoms with Crippen LogP contribution in [0.2, 0.25) is 0 Å². The Labute approximate surface area is 173 Å². The first-order valence-electron chi connectivity index (χ1n) is 10.1. The minimum absolute atomic E-state index is 0.726. The molecule has 0 aliphatic carbocycles. The van der Waals surface area contributed by atoms with Gasteiger partial charge in [-0.25, -0.2) is 9.97 Å².